The smallest absolute Gasteiger partial charge is 0.251 e. The molecule has 1 aromatic rings. The van der Waals surface area contributed by atoms with Crippen LogP contribution in [0.3, 0.4) is 0 Å². The van der Waals surface area contributed by atoms with Gasteiger partial charge in [-0.15, -0.1) is 5.10 Å². The molecule has 0 atom stereocenters. The van der Waals surface area contributed by atoms with Crippen LogP contribution in [-0.4, -0.2) is 16.8 Å². The molecule has 0 amide bonds. The molecule has 0 spiro atoms. The number of hydrogen-bond acceptors (Lipinski definition) is 4. The van der Waals surface area contributed by atoms with Crippen LogP contribution in [0.25, 0.3) is 0 Å². The topological polar surface area (TPSA) is 58.8 Å². The molecule has 0 fully saturated rings. The van der Waals surface area contributed by atoms with Crippen molar-refractivity contribution in [1.29, 1.82) is 5.26 Å². The first-order valence-corrected chi connectivity index (χ1v) is 5.72. The van der Waals surface area contributed by atoms with E-state index in [2.05, 4.69) is 37.0 Å². The highest BCUT2D eigenvalue weighted by molar-refractivity contribution is 5.44. The first-order valence-electron chi connectivity index (χ1n) is 5.72. The molecule has 0 radical (unpaired) electrons. The zero-order chi connectivity index (χ0) is 13.1. The minimum Gasteiger partial charge on any atom is -0.476 e. The third-order valence-electron chi connectivity index (χ3n) is 2.63. The van der Waals surface area contributed by atoms with E-state index < -0.39 is 0 Å². The Labute approximate surface area is 103 Å². The fraction of sp³-hybridized carbons (Fsp3) is 0.615. The van der Waals surface area contributed by atoms with E-state index >= 15 is 0 Å². The molecule has 0 N–H and O–H groups in total. The summed E-state index contributed by atoms with van der Waals surface area (Å²) in [6.45, 7) is 10.7. The number of ether oxygens (including phenoxy) is 1. The first-order chi connectivity index (χ1) is 7.85. The molecule has 0 aliphatic heterocycles. The van der Waals surface area contributed by atoms with E-state index in [1.54, 1.807) is 0 Å². The highest BCUT2D eigenvalue weighted by Crippen LogP contribution is 2.22. The summed E-state index contributed by atoms with van der Waals surface area (Å²) in [5.41, 5.74) is 2.31. The normalized spacial score (nSPS) is 11.1. The van der Waals surface area contributed by atoms with Gasteiger partial charge in [-0.2, -0.15) is 10.4 Å². The standard InChI is InChI=1S/C13H19N3O/c1-9-10(2)15-16-12(11(9)8-14)17-7-6-13(3,4)5/h6-7H2,1-5H3. The summed E-state index contributed by atoms with van der Waals surface area (Å²) in [5.74, 6) is 0.347. The van der Waals surface area contributed by atoms with Crippen molar-refractivity contribution in [2.24, 2.45) is 5.41 Å². The summed E-state index contributed by atoms with van der Waals surface area (Å²) in [6, 6.07) is 2.12. The van der Waals surface area contributed by atoms with E-state index in [0.717, 1.165) is 17.7 Å². The quantitative estimate of drug-likeness (QED) is 0.805. The predicted molar refractivity (Wildman–Crippen MR) is 65.8 cm³/mol. The second-order valence-corrected chi connectivity index (χ2v) is 5.36. The van der Waals surface area contributed by atoms with Crippen molar-refractivity contribution in [3.8, 4) is 11.9 Å². The summed E-state index contributed by atoms with van der Waals surface area (Å²) in [5, 5.41) is 17.0. The maximum absolute atomic E-state index is 9.09. The lowest BCUT2D eigenvalue weighted by Crippen LogP contribution is -2.13. The SMILES string of the molecule is Cc1nnc(OCCC(C)(C)C)c(C#N)c1C. The molecule has 0 saturated carbocycles. The van der Waals surface area contributed by atoms with Crippen LogP contribution in [0.15, 0.2) is 0 Å². The fourth-order valence-electron chi connectivity index (χ4n) is 1.27. The Morgan fingerprint density at radius 2 is 1.88 bits per heavy atom. The van der Waals surface area contributed by atoms with Crippen molar-refractivity contribution in [3.05, 3.63) is 16.8 Å². The predicted octanol–water partition coefficient (Wildman–Crippen LogP) is 2.78. The minimum absolute atomic E-state index is 0.208. The van der Waals surface area contributed by atoms with Crippen LogP contribution >= 0.6 is 0 Å². The molecule has 1 rings (SSSR count). The summed E-state index contributed by atoms with van der Waals surface area (Å²) in [7, 11) is 0. The Morgan fingerprint density at radius 3 is 2.41 bits per heavy atom. The number of rotatable bonds is 3. The van der Waals surface area contributed by atoms with Crippen LogP contribution in [0.4, 0.5) is 0 Å². The van der Waals surface area contributed by atoms with Crippen molar-refractivity contribution < 1.29 is 4.74 Å². The molecule has 1 heterocycles. The van der Waals surface area contributed by atoms with E-state index in [1.807, 2.05) is 13.8 Å². The van der Waals surface area contributed by atoms with Gasteiger partial charge in [-0.05, 0) is 31.2 Å². The first kappa shape index (κ1) is 13.4. The highest BCUT2D eigenvalue weighted by atomic mass is 16.5. The molecule has 4 heteroatoms. The van der Waals surface area contributed by atoms with Crippen molar-refractivity contribution in [2.45, 2.75) is 41.0 Å². The Kier molecular flexibility index (Phi) is 4.06. The zero-order valence-corrected chi connectivity index (χ0v) is 11.2. The van der Waals surface area contributed by atoms with E-state index in [-0.39, 0.29) is 5.41 Å². The molecule has 0 saturated heterocycles. The molecule has 0 unspecified atom stereocenters. The molecule has 1 aromatic heterocycles. The average molecular weight is 233 g/mol. The van der Waals surface area contributed by atoms with Gasteiger partial charge in [-0.25, -0.2) is 0 Å². The number of nitriles is 1. The van der Waals surface area contributed by atoms with E-state index in [0.29, 0.717) is 18.1 Å². The molecule has 0 aliphatic carbocycles. The zero-order valence-electron chi connectivity index (χ0n) is 11.2. The summed E-state index contributed by atoms with van der Waals surface area (Å²) in [4.78, 5) is 0. The number of hydrogen-bond donors (Lipinski definition) is 0. The molecule has 92 valence electrons. The van der Waals surface area contributed by atoms with Crippen LogP contribution < -0.4 is 4.74 Å². The molecule has 4 nitrogen and oxygen atoms in total. The summed E-state index contributed by atoms with van der Waals surface area (Å²) in [6.07, 6.45) is 0.909. The number of nitrogens with zero attached hydrogens (tertiary/aromatic N) is 3. The van der Waals surface area contributed by atoms with Gasteiger partial charge >= 0.3 is 0 Å². The molecule has 0 aliphatic rings. The Hall–Kier alpha value is -1.63. The lowest BCUT2D eigenvalue weighted by molar-refractivity contribution is 0.233. The van der Waals surface area contributed by atoms with Gasteiger partial charge in [0, 0.05) is 0 Å². The minimum atomic E-state index is 0.208. The van der Waals surface area contributed by atoms with E-state index in [9.17, 15) is 0 Å². The van der Waals surface area contributed by atoms with Crippen molar-refractivity contribution >= 4 is 0 Å². The molecular formula is C13H19N3O. The Morgan fingerprint density at radius 1 is 1.24 bits per heavy atom. The lowest BCUT2D eigenvalue weighted by atomic mass is 9.93. The van der Waals surface area contributed by atoms with Gasteiger partial charge in [0.15, 0.2) is 0 Å². The van der Waals surface area contributed by atoms with Gasteiger partial charge in [0.1, 0.15) is 11.6 Å². The lowest BCUT2D eigenvalue weighted by Gasteiger charge is -2.18. The van der Waals surface area contributed by atoms with Crippen LogP contribution in [0.5, 0.6) is 5.88 Å². The summed E-state index contributed by atoms with van der Waals surface area (Å²) < 4.78 is 5.54. The Balaban J connectivity index is 2.79. The molecule has 0 bridgehead atoms. The Bertz CT molecular complexity index is 441. The van der Waals surface area contributed by atoms with Crippen molar-refractivity contribution in [3.63, 3.8) is 0 Å². The van der Waals surface area contributed by atoms with Crippen LogP contribution in [0.2, 0.25) is 0 Å². The molecule has 0 aromatic carbocycles. The second-order valence-electron chi connectivity index (χ2n) is 5.36. The average Bonchev–Trinajstić information content (AvgIpc) is 2.22. The van der Waals surface area contributed by atoms with Crippen LogP contribution in [0.1, 0.15) is 44.0 Å². The van der Waals surface area contributed by atoms with Gasteiger partial charge in [0.2, 0.25) is 0 Å². The van der Waals surface area contributed by atoms with E-state index in [4.69, 9.17) is 10.00 Å². The van der Waals surface area contributed by atoms with Gasteiger partial charge in [0.05, 0.1) is 12.3 Å². The maximum atomic E-state index is 9.09. The fourth-order valence-corrected chi connectivity index (χ4v) is 1.27. The van der Waals surface area contributed by atoms with Gasteiger partial charge in [-0.1, -0.05) is 20.8 Å². The third kappa shape index (κ3) is 3.70. The van der Waals surface area contributed by atoms with Crippen LogP contribution in [-0.2, 0) is 0 Å². The molecular weight excluding hydrogens is 214 g/mol. The van der Waals surface area contributed by atoms with Gasteiger partial charge in [0.25, 0.3) is 5.88 Å². The van der Waals surface area contributed by atoms with Crippen LogP contribution in [0, 0.1) is 30.6 Å². The van der Waals surface area contributed by atoms with Crippen molar-refractivity contribution in [1.82, 2.24) is 10.2 Å². The van der Waals surface area contributed by atoms with Gasteiger partial charge in [-0.3, -0.25) is 0 Å². The summed E-state index contributed by atoms with van der Waals surface area (Å²) >= 11 is 0. The largest absolute Gasteiger partial charge is 0.476 e. The monoisotopic (exact) mass is 233 g/mol. The number of aromatic nitrogens is 2. The second kappa shape index (κ2) is 5.13. The van der Waals surface area contributed by atoms with Gasteiger partial charge < -0.3 is 4.74 Å². The highest BCUT2D eigenvalue weighted by Gasteiger charge is 2.14. The maximum Gasteiger partial charge on any atom is 0.251 e. The number of aryl methyl sites for hydroxylation is 1. The van der Waals surface area contributed by atoms with Crippen molar-refractivity contribution in [2.75, 3.05) is 6.61 Å². The third-order valence-corrected chi connectivity index (χ3v) is 2.63. The van der Waals surface area contributed by atoms with E-state index in [1.165, 1.54) is 0 Å². The molecule has 17 heavy (non-hydrogen) atoms.